The predicted octanol–water partition coefficient (Wildman–Crippen LogP) is 1.23. The molecule has 0 aliphatic carbocycles. The standard InChI is InChI=1S/C17H23N3O4/c1-11-8-20(9-13(11)16(21)22-3)17(18-2)19-7-12-4-5-14-15(6-12)24-10-23-14/h4-6,11,13H,7-10H2,1-3H3,(H,18,19). The maximum Gasteiger partial charge on any atom is 0.310 e. The molecule has 1 saturated heterocycles. The number of likely N-dealkylation sites (tertiary alicyclic amines) is 1. The number of rotatable bonds is 3. The van der Waals surface area contributed by atoms with Crippen molar-refractivity contribution in [3.05, 3.63) is 23.8 Å². The van der Waals surface area contributed by atoms with Crippen LogP contribution in [-0.2, 0) is 16.1 Å². The molecule has 2 heterocycles. The van der Waals surface area contributed by atoms with Crippen molar-refractivity contribution in [3.8, 4) is 11.5 Å². The maximum atomic E-state index is 11.8. The van der Waals surface area contributed by atoms with Gasteiger partial charge in [0.05, 0.1) is 13.0 Å². The van der Waals surface area contributed by atoms with Crippen molar-refractivity contribution in [1.29, 1.82) is 0 Å². The molecule has 24 heavy (non-hydrogen) atoms. The second-order valence-electron chi connectivity index (χ2n) is 6.10. The summed E-state index contributed by atoms with van der Waals surface area (Å²) in [5, 5.41) is 3.34. The van der Waals surface area contributed by atoms with Gasteiger partial charge in [0.15, 0.2) is 17.5 Å². The van der Waals surface area contributed by atoms with Crippen molar-refractivity contribution in [2.24, 2.45) is 16.8 Å². The number of carbonyl (C=O) groups is 1. The molecule has 0 radical (unpaired) electrons. The van der Waals surface area contributed by atoms with Gasteiger partial charge in [-0.05, 0) is 23.6 Å². The fourth-order valence-electron chi connectivity index (χ4n) is 3.16. The normalized spacial score (nSPS) is 22.6. The van der Waals surface area contributed by atoms with Crippen LogP contribution in [0.3, 0.4) is 0 Å². The zero-order valence-electron chi connectivity index (χ0n) is 14.2. The topological polar surface area (TPSA) is 72.4 Å². The van der Waals surface area contributed by atoms with E-state index in [2.05, 4.69) is 22.1 Å². The third-order valence-corrected chi connectivity index (χ3v) is 4.52. The monoisotopic (exact) mass is 333 g/mol. The Hall–Kier alpha value is -2.44. The molecule has 2 aliphatic rings. The summed E-state index contributed by atoms with van der Waals surface area (Å²) in [5.74, 6) is 2.30. The van der Waals surface area contributed by atoms with Crippen LogP contribution in [0.4, 0.5) is 0 Å². The summed E-state index contributed by atoms with van der Waals surface area (Å²) in [6, 6.07) is 5.87. The van der Waals surface area contributed by atoms with E-state index >= 15 is 0 Å². The van der Waals surface area contributed by atoms with E-state index in [1.165, 1.54) is 7.11 Å². The first-order chi connectivity index (χ1) is 11.6. The van der Waals surface area contributed by atoms with Crippen molar-refractivity contribution < 1.29 is 19.0 Å². The Morgan fingerprint density at radius 3 is 2.92 bits per heavy atom. The quantitative estimate of drug-likeness (QED) is 0.510. The van der Waals surface area contributed by atoms with Crippen molar-refractivity contribution >= 4 is 11.9 Å². The minimum Gasteiger partial charge on any atom is -0.469 e. The lowest BCUT2D eigenvalue weighted by molar-refractivity contribution is -0.145. The van der Waals surface area contributed by atoms with E-state index in [1.807, 2.05) is 18.2 Å². The minimum absolute atomic E-state index is 0.112. The third kappa shape index (κ3) is 3.25. The molecule has 0 saturated carbocycles. The Morgan fingerprint density at radius 2 is 2.17 bits per heavy atom. The number of carbonyl (C=O) groups excluding carboxylic acids is 1. The zero-order valence-corrected chi connectivity index (χ0v) is 14.2. The molecule has 0 bridgehead atoms. The van der Waals surface area contributed by atoms with E-state index in [4.69, 9.17) is 14.2 Å². The smallest absolute Gasteiger partial charge is 0.310 e. The van der Waals surface area contributed by atoms with Gasteiger partial charge in [0, 0.05) is 26.7 Å². The van der Waals surface area contributed by atoms with Gasteiger partial charge in [-0.3, -0.25) is 9.79 Å². The van der Waals surface area contributed by atoms with Gasteiger partial charge in [0.1, 0.15) is 0 Å². The average Bonchev–Trinajstić information content (AvgIpc) is 3.21. The Bertz CT molecular complexity index is 647. The van der Waals surface area contributed by atoms with Crippen LogP contribution in [0.2, 0.25) is 0 Å². The van der Waals surface area contributed by atoms with Crippen molar-refractivity contribution in [2.75, 3.05) is 34.0 Å². The predicted molar refractivity (Wildman–Crippen MR) is 89.0 cm³/mol. The molecule has 2 unspecified atom stereocenters. The molecule has 130 valence electrons. The van der Waals surface area contributed by atoms with Crippen LogP contribution in [0, 0.1) is 11.8 Å². The number of hydrogen-bond acceptors (Lipinski definition) is 5. The summed E-state index contributed by atoms with van der Waals surface area (Å²) in [6.45, 7) is 4.35. The van der Waals surface area contributed by atoms with Crippen molar-refractivity contribution in [2.45, 2.75) is 13.5 Å². The molecule has 3 rings (SSSR count). The van der Waals surface area contributed by atoms with Gasteiger partial charge in [0.2, 0.25) is 6.79 Å². The highest BCUT2D eigenvalue weighted by Gasteiger charge is 2.36. The lowest BCUT2D eigenvalue weighted by Crippen LogP contribution is -2.40. The Morgan fingerprint density at radius 1 is 1.38 bits per heavy atom. The fraction of sp³-hybridized carbons (Fsp3) is 0.529. The van der Waals surface area contributed by atoms with E-state index in [0.717, 1.165) is 29.6 Å². The second kappa shape index (κ2) is 6.98. The van der Waals surface area contributed by atoms with Crippen LogP contribution < -0.4 is 14.8 Å². The summed E-state index contributed by atoms with van der Waals surface area (Å²) in [5.41, 5.74) is 1.08. The molecule has 0 spiro atoms. The second-order valence-corrected chi connectivity index (χ2v) is 6.10. The number of hydrogen-bond donors (Lipinski definition) is 1. The number of nitrogens with zero attached hydrogens (tertiary/aromatic N) is 2. The van der Waals surface area contributed by atoms with Gasteiger partial charge in [-0.1, -0.05) is 13.0 Å². The maximum absolute atomic E-state index is 11.8. The van der Waals surface area contributed by atoms with Crippen LogP contribution in [0.15, 0.2) is 23.2 Å². The van der Waals surface area contributed by atoms with Gasteiger partial charge in [0.25, 0.3) is 0 Å². The lowest BCUT2D eigenvalue weighted by Gasteiger charge is -2.21. The highest BCUT2D eigenvalue weighted by Crippen LogP contribution is 2.32. The number of nitrogens with one attached hydrogen (secondary N) is 1. The van der Waals surface area contributed by atoms with Gasteiger partial charge in [-0.2, -0.15) is 0 Å². The summed E-state index contributed by atoms with van der Waals surface area (Å²) in [4.78, 5) is 18.3. The zero-order chi connectivity index (χ0) is 17.1. The first kappa shape index (κ1) is 16.4. The summed E-state index contributed by atoms with van der Waals surface area (Å²) < 4.78 is 15.6. The molecule has 2 aliphatic heterocycles. The average molecular weight is 333 g/mol. The highest BCUT2D eigenvalue weighted by atomic mass is 16.7. The summed E-state index contributed by atoms with van der Waals surface area (Å²) >= 11 is 0. The van der Waals surface area contributed by atoms with Gasteiger partial charge in [-0.15, -0.1) is 0 Å². The van der Waals surface area contributed by atoms with E-state index in [-0.39, 0.29) is 24.6 Å². The van der Waals surface area contributed by atoms with Crippen LogP contribution in [0.5, 0.6) is 11.5 Å². The fourth-order valence-corrected chi connectivity index (χ4v) is 3.16. The number of esters is 1. The van der Waals surface area contributed by atoms with Crippen LogP contribution >= 0.6 is 0 Å². The van der Waals surface area contributed by atoms with E-state index in [9.17, 15) is 4.79 Å². The Labute approximate surface area is 141 Å². The molecular weight excluding hydrogens is 310 g/mol. The lowest BCUT2D eigenvalue weighted by atomic mass is 9.99. The first-order valence-electron chi connectivity index (χ1n) is 8.04. The number of aliphatic imine (C=N–C) groups is 1. The van der Waals surface area contributed by atoms with E-state index < -0.39 is 0 Å². The number of ether oxygens (including phenoxy) is 3. The Kier molecular flexibility index (Phi) is 4.78. The number of fused-ring (bicyclic) bond motifs is 1. The molecule has 7 heteroatoms. The van der Waals surface area contributed by atoms with E-state index in [1.54, 1.807) is 7.05 Å². The van der Waals surface area contributed by atoms with Gasteiger partial charge >= 0.3 is 5.97 Å². The number of methoxy groups -OCH3 is 1. The number of guanidine groups is 1. The van der Waals surface area contributed by atoms with Crippen LogP contribution in [-0.4, -0.2) is 50.9 Å². The van der Waals surface area contributed by atoms with Crippen LogP contribution in [0.25, 0.3) is 0 Å². The molecule has 1 aromatic rings. The molecule has 0 aromatic heterocycles. The molecule has 2 atom stereocenters. The molecule has 0 amide bonds. The van der Waals surface area contributed by atoms with Gasteiger partial charge < -0.3 is 24.4 Å². The molecule has 1 fully saturated rings. The van der Waals surface area contributed by atoms with Gasteiger partial charge in [-0.25, -0.2) is 0 Å². The largest absolute Gasteiger partial charge is 0.469 e. The SMILES string of the molecule is CN=C(NCc1ccc2c(c1)OCO2)N1CC(C)C(C(=O)OC)C1. The van der Waals surface area contributed by atoms with Crippen molar-refractivity contribution in [3.63, 3.8) is 0 Å². The molecule has 7 nitrogen and oxygen atoms in total. The summed E-state index contributed by atoms with van der Waals surface area (Å²) in [7, 11) is 3.18. The van der Waals surface area contributed by atoms with E-state index in [0.29, 0.717) is 13.1 Å². The first-order valence-corrected chi connectivity index (χ1v) is 8.04. The van der Waals surface area contributed by atoms with Crippen molar-refractivity contribution in [1.82, 2.24) is 10.2 Å². The minimum atomic E-state index is -0.156. The summed E-state index contributed by atoms with van der Waals surface area (Å²) in [6.07, 6.45) is 0. The highest BCUT2D eigenvalue weighted by molar-refractivity contribution is 5.82. The van der Waals surface area contributed by atoms with Crippen LogP contribution in [0.1, 0.15) is 12.5 Å². The Balaban J connectivity index is 1.60. The number of benzene rings is 1. The molecule has 1 N–H and O–H groups in total. The molecule has 1 aromatic carbocycles. The molecular formula is C17H23N3O4. The third-order valence-electron chi connectivity index (χ3n) is 4.52.